The Morgan fingerprint density at radius 1 is 0.967 bits per heavy atom. The highest BCUT2D eigenvalue weighted by Gasteiger charge is 2.21. The molecule has 2 aliphatic rings. The third-order valence-electron chi connectivity index (χ3n) is 5.25. The van der Waals surface area contributed by atoms with Crippen LogP contribution in [0.4, 0.5) is 4.39 Å². The van der Waals surface area contributed by atoms with E-state index in [0.29, 0.717) is 49.6 Å². The van der Waals surface area contributed by atoms with Crippen LogP contribution in [0.2, 0.25) is 0 Å². The summed E-state index contributed by atoms with van der Waals surface area (Å²) in [5.74, 6) is 0.779. The first-order valence-electron chi connectivity index (χ1n) is 10.2. The summed E-state index contributed by atoms with van der Waals surface area (Å²) in [6.07, 6.45) is 0. The van der Waals surface area contributed by atoms with Crippen LogP contribution in [0.15, 0.2) is 29.4 Å². The van der Waals surface area contributed by atoms with Crippen molar-refractivity contribution in [2.45, 2.75) is 11.7 Å². The molecule has 0 atom stereocenters. The summed E-state index contributed by atoms with van der Waals surface area (Å²) < 4.78 is 26.1. The fourth-order valence-corrected chi connectivity index (χ4v) is 4.37. The van der Waals surface area contributed by atoms with Crippen molar-refractivity contribution in [3.8, 4) is 11.4 Å². The van der Waals surface area contributed by atoms with Gasteiger partial charge in [0.05, 0.1) is 32.2 Å². The number of aromatic nitrogens is 3. The predicted octanol–water partition coefficient (Wildman–Crippen LogP) is 1.37. The van der Waals surface area contributed by atoms with Gasteiger partial charge >= 0.3 is 0 Å². The van der Waals surface area contributed by atoms with Crippen LogP contribution in [0.5, 0.6) is 0 Å². The normalized spacial score (nSPS) is 18.0. The number of amides is 1. The average Bonchev–Trinajstić information content (AvgIpc) is 3.20. The monoisotopic (exact) mass is 435 g/mol. The molecule has 1 aromatic carbocycles. The molecule has 10 heteroatoms. The van der Waals surface area contributed by atoms with Gasteiger partial charge in [-0.3, -0.25) is 9.69 Å². The molecule has 3 heterocycles. The van der Waals surface area contributed by atoms with E-state index in [1.807, 2.05) is 9.47 Å². The molecule has 0 N–H and O–H groups in total. The Morgan fingerprint density at radius 3 is 2.33 bits per heavy atom. The number of rotatable bonds is 7. The van der Waals surface area contributed by atoms with Gasteiger partial charge in [-0.05, 0) is 24.3 Å². The number of carbonyl (C=O) groups is 1. The van der Waals surface area contributed by atoms with E-state index < -0.39 is 0 Å². The second kappa shape index (κ2) is 10.3. The van der Waals surface area contributed by atoms with Gasteiger partial charge in [0, 0.05) is 44.8 Å². The molecule has 2 fully saturated rings. The van der Waals surface area contributed by atoms with Crippen LogP contribution in [-0.2, 0) is 20.8 Å². The number of benzene rings is 1. The third-order valence-corrected chi connectivity index (χ3v) is 6.20. The lowest BCUT2D eigenvalue weighted by Crippen LogP contribution is -2.41. The Hall–Kier alpha value is -2.01. The molecular formula is C20H26FN5O3S. The second-order valence-electron chi connectivity index (χ2n) is 7.20. The minimum atomic E-state index is -0.288. The zero-order chi connectivity index (χ0) is 20.8. The van der Waals surface area contributed by atoms with Crippen molar-refractivity contribution in [2.24, 2.45) is 0 Å². The van der Waals surface area contributed by atoms with E-state index >= 15 is 0 Å². The number of ether oxygens (including phenoxy) is 2. The van der Waals surface area contributed by atoms with E-state index in [1.165, 1.54) is 23.9 Å². The average molecular weight is 436 g/mol. The van der Waals surface area contributed by atoms with Crippen molar-refractivity contribution in [1.29, 1.82) is 0 Å². The zero-order valence-corrected chi connectivity index (χ0v) is 17.7. The molecule has 0 radical (unpaired) electrons. The number of morpholine rings is 2. The van der Waals surface area contributed by atoms with Crippen LogP contribution < -0.4 is 0 Å². The number of nitrogens with zero attached hydrogens (tertiary/aromatic N) is 5. The number of hydrogen-bond donors (Lipinski definition) is 0. The highest BCUT2D eigenvalue weighted by atomic mass is 32.2. The number of thioether (sulfide) groups is 1. The first-order chi connectivity index (χ1) is 14.7. The van der Waals surface area contributed by atoms with E-state index in [4.69, 9.17) is 9.47 Å². The smallest absolute Gasteiger partial charge is 0.233 e. The van der Waals surface area contributed by atoms with Crippen molar-refractivity contribution in [3.63, 3.8) is 0 Å². The minimum absolute atomic E-state index is 0.0781. The van der Waals surface area contributed by atoms with Gasteiger partial charge in [-0.25, -0.2) is 4.39 Å². The minimum Gasteiger partial charge on any atom is -0.379 e. The Morgan fingerprint density at radius 2 is 1.63 bits per heavy atom. The Kier molecular flexibility index (Phi) is 7.32. The van der Waals surface area contributed by atoms with Gasteiger partial charge < -0.3 is 18.9 Å². The Labute approximate surface area is 179 Å². The molecule has 2 aliphatic heterocycles. The molecule has 1 amide bonds. The standard InChI is InChI=1S/C20H26FN5O3S/c21-17-3-1-16(2-4-17)19-22-23-20(26(19)6-5-24-7-11-28-12-8-24)30-15-18(27)25-9-13-29-14-10-25/h1-4H,5-15H2. The van der Waals surface area contributed by atoms with Crippen LogP contribution in [-0.4, -0.2) is 95.4 Å². The van der Waals surface area contributed by atoms with Gasteiger partial charge in [0.25, 0.3) is 0 Å². The van der Waals surface area contributed by atoms with Gasteiger partial charge in [0.2, 0.25) is 5.91 Å². The predicted molar refractivity (Wildman–Crippen MR) is 111 cm³/mol. The van der Waals surface area contributed by atoms with Crippen molar-refractivity contribution >= 4 is 17.7 Å². The van der Waals surface area contributed by atoms with E-state index in [2.05, 4.69) is 15.1 Å². The van der Waals surface area contributed by atoms with Gasteiger partial charge in [-0.1, -0.05) is 11.8 Å². The van der Waals surface area contributed by atoms with Crippen LogP contribution in [0.25, 0.3) is 11.4 Å². The maximum Gasteiger partial charge on any atom is 0.233 e. The highest BCUT2D eigenvalue weighted by Crippen LogP contribution is 2.25. The lowest BCUT2D eigenvalue weighted by atomic mass is 10.2. The molecule has 0 spiro atoms. The van der Waals surface area contributed by atoms with Gasteiger partial charge in [-0.15, -0.1) is 10.2 Å². The van der Waals surface area contributed by atoms with Crippen LogP contribution in [0, 0.1) is 5.82 Å². The molecule has 2 saturated heterocycles. The maximum absolute atomic E-state index is 13.4. The maximum atomic E-state index is 13.4. The fraction of sp³-hybridized carbons (Fsp3) is 0.550. The Balaban J connectivity index is 1.48. The molecule has 4 rings (SSSR count). The molecule has 30 heavy (non-hydrogen) atoms. The molecule has 0 aliphatic carbocycles. The molecule has 8 nitrogen and oxygen atoms in total. The van der Waals surface area contributed by atoms with Crippen molar-refractivity contribution in [1.82, 2.24) is 24.6 Å². The molecular weight excluding hydrogens is 409 g/mol. The molecule has 1 aromatic heterocycles. The number of carbonyl (C=O) groups excluding carboxylic acids is 1. The quantitative estimate of drug-likeness (QED) is 0.608. The number of halogens is 1. The second-order valence-corrected chi connectivity index (χ2v) is 8.14. The molecule has 162 valence electrons. The third kappa shape index (κ3) is 5.37. The van der Waals surface area contributed by atoms with E-state index in [0.717, 1.165) is 38.4 Å². The zero-order valence-electron chi connectivity index (χ0n) is 16.8. The lowest BCUT2D eigenvalue weighted by molar-refractivity contribution is -0.132. The first kappa shape index (κ1) is 21.2. The van der Waals surface area contributed by atoms with Crippen LogP contribution >= 0.6 is 11.8 Å². The van der Waals surface area contributed by atoms with E-state index in [-0.39, 0.29) is 11.7 Å². The van der Waals surface area contributed by atoms with E-state index in [1.54, 1.807) is 12.1 Å². The highest BCUT2D eigenvalue weighted by molar-refractivity contribution is 7.99. The molecule has 0 saturated carbocycles. The Bertz CT molecular complexity index is 835. The molecule has 0 bridgehead atoms. The largest absolute Gasteiger partial charge is 0.379 e. The number of hydrogen-bond acceptors (Lipinski definition) is 7. The summed E-state index contributed by atoms with van der Waals surface area (Å²) in [4.78, 5) is 16.7. The van der Waals surface area contributed by atoms with Gasteiger partial charge in [-0.2, -0.15) is 0 Å². The summed E-state index contributed by atoms with van der Waals surface area (Å²) in [5.41, 5.74) is 0.803. The van der Waals surface area contributed by atoms with Crippen LogP contribution in [0.1, 0.15) is 0 Å². The van der Waals surface area contributed by atoms with Crippen molar-refractivity contribution in [3.05, 3.63) is 30.1 Å². The molecule has 2 aromatic rings. The summed E-state index contributed by atoms with van der Waals surface area (Å²) in [7, 11) is 0. The molecule has 0 unspecified atom stereocenters. The van der Waals surface area contributed by atoms with Crippen molar-refractivity contribution in [2.75, 3.05) is 64.9 Å². The van der Waals surface area contributed by atoms with Gasteiger partial charge in [0.15, 0.2) is 11.0 Å². The van der Waals surface area contributed by atoms with Crippen molar-refractivity contribution < 1.29 is 18.7 Å². The van der Waals surface area contributed by atoms with E-state index in [9.17, 15) is 9.18 Å². The summed E-state index contributed by atoms with van der Waals surface area (Å²) in [6, 6.07) is 6.26. The summed E-state index contributed by atoms with van der Waals surface area (Å²) >= 11 is 1.39. The SMILES string of the molecule is O=C(CSc1nnc(-c2ccc(F)cc2)n1CCN1CCOCC1)N1CCOCC1. The fourth-order valence-electron chi connectivity index (χ4n) is 3.51. The van der Waals surface area contributed by atoms with Crippen LogP contribution in [0.3, 0.4) is 0 Å². The first-order valence-corrected chi connectivity index (χ1v) is 11.2. The summed E-state index contributed by atoms with van der Waals surface area (Å²) in [5, 5.41) is 9.39. The van der Waals surface area contributed by atoms with Gasteiger partial charge in [0.1, 0.15) is 5.82 Å². The topological polar surface area (TPSA) is 72.7 Å². The summed E-state index contributed by atoms with van der Waals surface area (Å²) in [6.45, 7) is 7.22. The lowest BCUT2D eigenvalue weighted by Gasteiger charge is -2.27.